The molecule has 0 radical (unpaired) electrons. The quantitative estimate of drug-likeness (QED) is 0.837. The number of nitrogens with zero attached hydrogens (tertiary/aromatic N) is 2. The Morgan fingerprint density at radius 2 is 2.32 bits per heavy atom. The van der Waals surface area contributed by atoms with Gasteiger partial charge in [0.15, 0.2) is 0 Å². The number of imidazole rings is 1. The van der Waals surface area contributed by atoms with Crippen LogP contribution in [0, 0.1) is 0 Å². The molecule has 0 aliphatic carbocycles. The van der Waals surface area contributed by atoms with Crippen molar-refractivity contribution >= 4 is 17.0 Å². The van der Waals surface area contributed by atoms with E-state index in [0.717, 1.165) is 16.6 Å². The zero-order chi connectivity index (χ0) is 14.0. The standard InChI is InChI=1S/C13H17N3O3/c1-3-19-13-15-10-7-8(6-9(14)12(17)18)4-5-11(10)16(13)2/h4-5,7,9H,3,6,14H2,1-2H3,(H,17,18). The number of hydrogen-bond acceptors (Lipinski definition) is 4. The molecule has 0 amide bonds. The van der Waals surface area contributed by atoms with Crippen LogP contribution in [-0.2, 0) is 18.3 Å². The molecule has 0 bridgehead atoms. The van der Waals surface area contributed by atoms with Crippen molar-refractivity contribution in [2.45, 2.75) is 19.4 Å². The van der Waals surface area contributed by atoms with E-state index in [0.29, 0.717) is 12.6 Å². The highest BCUT2D eigenvalue weighted by Crippen LogP contribution is 2.21. The van der Waals surface area contributed by atoms with Crippen LogP contribution < -0.4 is 10.5 Å². The fraction of sp³-hybridized carbons (Fsp3) is 0.385. The summed E-state index contributed by atoms with van der Waals surface area (Å²) >= 11 is 0. The number of ether oxygens (including phenoxy) is 1. The third kappa shape index (κ3) is 2.68. The Hall–Kier alpha value is -2.08. The first kappa shape index (κ1) is 13.4. The lowest BCUT2D eigenvalue weighted by molar-refractivity contribution is -0.138. The van der Waals surface area contributed by atoms with Gasteiger partial charge >= 0.3 is 5.97 Å². The van der Waals surface area contributed by atoms with Gasteiger partial charge in [0.1, 0.15) is 6.04 Å². The second-order valence-corrected chi connectivity index (χ2v) is 4.36. The second-order valence-electron chi connectivity index (χ2n) is 4.36. The van der Waals surface area contributed by atoms with Crippen molar-refractivity contribution in [3.8, 4) is 6.01 Å². The molecule has 19 heavy (non-hydrogen) atoms. The van der Waals surface area contributed by atoms with Gasteiger partial charge in [-0.1, -0.05) is 6.07 Å². The fourth-order valence-corrected chi connectivity index (χ4v) is 1.95. The van der Waals surface area contributed by atoms with Crippen molar-refractivity contribution in [3.63, 3.8) is 0 Å². The lowest BCUT2D eigenvalue weighted by atomic mass is 10.1. The molecule has 102 valence electrons. The summed E-state index contributed by atoms with van der Waals surface area (Å²) in [5.74, 6) is -1.00. The smallest absolute Gasteiger partial charge is 0.320 e. The van der Waals surface area contributed by atoms with Crippen molar-refractivity contribution in [1.82, 2.24) is 9.55 Å². The molecule has 0 saturated heterocycles. The highest BCUT2D eigenvalue weighted by molar-refractivity contribution is 5.78. The van der Waals surface area contributed by atoms with Crippen molar-refractivity contribution in [1.29, 1.82) is 0 Å². The minimum absolute atomic E-state index is 0.284. The maximum atomic E-state index is 10.7. The molecule has 0 spiro atoms. The average molecular weight is 263 g/mol. The third-order valence-electron chi connectivity index (χ3n) is 2.95. The normalized spacial score (nSPS) is 12.6. The Balaban J connectivity index is 2.33. The summed E-state index contributed by atoms with van der Waals surface area (Å²) < 4.78 is 7.27. The van der Waals surface area contributed by atoms with Gasteiger partial charge in [-0.05, 0) is 31.0 Å². The van der Waals surface area contributed by atoms with Crippen LogP contribution in [0.15, 0.2) is 18.2 Å². The number of hydrogen-bond donors (Lipinski definition) is 2. The molecule has 2 aromatic rings. The highest BCUT2D eigenvalue weighted by Gasteiger charge is 2.14. The van der Waals surface area contributed by atoms with Crippen LogP contribution in [0.2, 0.25) is 0 Å². The van der Waals surface area contributed by atoms with Crippen molar-refractivity contribution < 1.29 is 14.6 Å². The van der Waals surface area contributed by atoms with Gasteiger partial charge in [-0.15, -0.1) is 0 Å². The molecule has 0 aliphatic heterocycles. The summed E-state index contributed by atoms with van der Waals surface area (Å²) in [5, 5.41) is 8.81. The maximum absolute atomic E-state index is 10.7. The first-order valence-corrected chi connectivity index (χ1v) is 6.09. The summed E-state index contributed by atoms with van der Waals surface area (Å²) in [6.07, 6.45) is 0.284. The SMILES string of the molecule is CCOc1nc2cc(CC(N)C(=O)O)ccc2n1C. The molecule has 3 N–H and O–H groups in total. The summed E-state index contributed by atoms with van der Waals surface area (Å²) in [7, 11) is 1.88. The Morgan fingerprint density at radius 3 is 2.95 bits per heavy atom. The fourth-order valence-electron chi connectivity index (χ4n) is 1.95. The third-order valence-corrected chi connectivity index (χ3v) is 2.95. The Labute approximate surface area is 110 Å². The molecule has 1 aromatic heterocycles. The summed E-state index contributed by atoms with van der Waals surface area (Å²) in [6, 6.07) is 5.27. The molecular formula is C13H17N3O3. The second kappa shape index (κ2) is 5.27. The molecule has 0 fully saturated rings. The zero-order valence-electron chi connectivity index (χ0n) is 11.0. The van der Waals surface area contributed by atoms with Crippen LogP contribution in [0.4, 0.5) is 0 Å². The van der Waals surface area contributed by atoms with E-state index in [4.69, 9.17) is 15.6 Å². The van der Waals surface area contributed by atoms with Crippen LogP contribution in [0.3, 0.4) is 0 Å². The minimum atomic E-state index is -1.00. The first-order valence-electron chi connectivity index (χ1n) is 6.09. The van der Waals surface area contributed by atoms with Crippen molar-refractivity contribution in [2.24, 2.45) is 12.8 Å². The molecule has 1 aromatic carbocycles. The Bertz CT molecular complexity index is 606. The molecular weight excluding hydrogens is 246 g/mol. The number of aromatic nitrogens is 2. The molecule has 2 rings (SSSR count). The van der Waals surface area contributed by atoms with Gasteiger partial charge in [0, 0.05) is 7.05 Å². The van der Waals surface area contributed by atoms with E-state index < -0.39 is 12.0 Å². The highest BCUT2D eigenvalue weighted by atomic mass is 16.5. The van der Waals surface area contributed by atoms with Gasteiger partial charge in [0.2, 0.25) is 0 Å². The average Bonchev–Trinajstić information content (AvgIpc) is 2.66. The lowest BCUT2D eigenvalue weighted by Gasteiger charge is -2.06. The topological polar surface area (TPSA) is 90.4 Å². The van der Waals surface area contributed by atoms with E-state index >= 15 is 0 Å². The maximum Gasteiger partial charge on any atom is 0.320 e. The minimum Gasteiger partial charge on any atom is -0.480 e. The monoisotopic (exact) mass is 263 g/mol. The molecule has 0 saturated carbocycles. The van der Waals surface area contributed by atoms with E-state index in [2.05, 4.69) is 4.98 Å². The predicted molar refractivity (Wildman–Crippen MR) is 71.2 cm³/mol. The molecule has 6 heteroatoms. The number of carboxylic acids is 1. The number of fused-ring (bicyclic) bond motifs is 1. The molecule has 6 nitrogen and oxygen atoms in total. The predicted octanol–water partition coefficient (Wildman–Crippen LogP) is 0.926. The number of carbonyl (C=O) groups is 1. The van der Waals surface area contributed by atoms with Gasteiger partial charge < -0.3 is 15.6 Å². The lowest BCUT2D eigenvalue weighted by Crippen LogP contribution is -2.32. The van der Waals surface area contributed by atoms with Crippen LogP contribution in [0.1, 0.15) is 12.5 Å². The van der Waals surface area contributed by atoms with Crippen LogP contribution in [0.5, 0.6) is 6.01 Å². The van der Waals surface area contributed by atoms with E-state index in [9.17, 15) is 4.79 Å². The van der Waals surface area contributed by atoms with Crippen LogP contribution >= 0.6 is 0 Å². The summed E-state index contributed by atoms with van der Waals surface area (Å²) in [6.45, 7) is 2.45. The number of aliphatic carboxylic acids is 1. The first-order chi connectivity index (χ1) is 9.02. The summed E-state index contributed by atoms with van der Waals surface area (Å²) in [5.41, 5.74) is 8.10. The summed E-state index contributed by atoms with van der Waals surface area (Å²) in [4.78, 5) is 15.1. The van der Waals surface area contributed by atoms with E-state index in [1.807, 2.05) is 36.7 Å². The van der Waals surface area contributed by atoms with Gasteiger partial charge in [-0.3, -0.25) is 9.36 Å². The number of benzene rings is 1. The van der Waals surface area contributed by atoms with Crippen LogP contribution in [-0.4, -0.2) is 33.3 Å². The van der Waals surface area contributed by atoms with E-state index in [1.165, 1.54) is 0 Å². The number of nitrogens with two attached hydrogens (primary N) is 1. The van der Waals surface area contributed by atoms with E-state index in [-0.39, 0.29) is 6.42 Å². The van der Waals surface area contributed by atoms with Gasteiger partial charge in [0.25, 0.3) is 6.01 Å². The number of rotatable bonds is 5. The van der Waals surface area contributed by atoms with Gasteiger partial charge in [-0.25, -0.2) is 0 Å². The van der Waals surface area contributed by atoms with E-state index in [1.54, 1.807) is 0 Å². The molecule has 0 aliphatic rings. The zero-order valence-corrected chi connectivity index (χ0v) is 11.0. The van der Waals surface area contributed by atoms with Crippen LogP contribution in [0.25, 0.3) is 11.0 Å². The van der Waals surface area contributed by atoms with Crippen molar-refractivity contribution in [2.75, 3.05) is 6.61 Å². The van der Waals surface area contributed by atoms with Crippen molar-refractivity contribution in [3.05, 3.63) is 23.8 Å². The molecule has 1 heterocycles. The largest absolute Gasteiger partial charge is 0.480 e. The van der Waals surface area contributed by atoms with Gasteiger partial charge in [-0.2, -0.15) is 4.98 Å². The van der Waals surface area contributed by atoms with Gasteiger partial charge in [0.05, 0.1) is 17.6 Å². The number of aryl methyl sites for hydroxylation is 1. The number of carboxylic acid groups (broad SMARTS) is 1. The Kier molecular flexibility index (Phi) is 3.71. The Morgan fingerprint density at radius 1 is 1.58 bits per heavy atom. The molecule has 1 atom stereocenters. The molecule has 1 unspecified atom stereocenters.